The van der Waals surface area contributed by atoms with Crippen LogP contribution in [0, 0.1) is 0 Å². The number of hydrogen-bond acceptors (Lipinski definition) is 2. The predicted octanol–water partition coefficient (Wildman–Crippen LogP) is 3.66. The third-order valence-electron chi connectivity index (χ3n) is 3.36. The van der Waals surface area contributed by atoms with Crippen molar-refractivity contribution in [3.05, 3.63) is 65.7 Å². The van der Waals surface area contributed by atoms with Gasteiger partial charge in [-0.25, -0.2) is 0 Å². The van der Waals surface area contributed by atoms with E-state index in [4.69, 9.17) is 5.11 Å². The Morgan fingerprint density at radius 1 is 0.800 bits per heavy atom. The van der Waals surface area contributed by atoms with Crippen LogP contribution in [0.5, 0.6) is 0 Å². The zero-order chi connectivity index (χ0) is 14.0. The normalized spacial score (nSPS) is 10.4. The number of rotatable bonds is 8. The monoisotopic (exact) mass is 269 g/mol. The number of hydrogen-bond donors (Lipinski definition) is 2. The summed E-state index contributed by atoms with van der Waals surface area (Å²) in [4.78, 5) is 0. The number of anilines is 1. The van der Waals surface area contributed by atoms with Gasteiger partial charge in [-0.3, -0.25) is 0 Å². The molecule has 106 valence electrons. The lowest BCUT2D eigenvalue weighted by molar-refractivity contribution is 0.288. The number of aliphatic hydroxyl groups is 1. The van der Waals surface area contributed by atoms with E-state index in [-0.39, 0.29) is 6.61 Å². The Hall–Kier alpha value is -1.80. The van der Waals surface area contributed by atoms with Gasteiger partial charge in [-0.15, -0.1) is 0 Å². The van der Waals surface area contributed by atoms with E-state index in [2.05, 4.69) is 59.9 Å². The molecule has 2 aromatic carbocycles. The van der Waals surface area contributed by atoms with Gasteiger partial charge in [-0.2, -0.15) is 0 Å². The molecular formula is C18H23NO. The Morgan fingerprint density at radius 3 is 2.35 bits per heavy atom. The van der Waals surface area contributed by atoms with Gasteiger partial charge < -0.3 is 10.4 Å². The molecule has 2 aromatic rings. The summed E-state index contributed by atoms with van der Waals surface area (Å²) >= 11 is 0. The summed E-state index contributed by atoms with van der Waals surface area (Å²) < 4.78 is 0. The van der Waals surface area contributed by atoms with E-state index in [1.165, 1.54) is 16.8 Å². The maximum atomic E-state index is 8.86. The third kappa shape index (κ3) is 5.06. The molecule has 0 unspecified atom stereocenters. The minimum atomic E-state index is 0.259. The van der Waals surface area contributed by atoms with E-state index in [1.54, 1.807) is 0 Å². The van der Waals surface area contributed by atoms with Crippen LogP contribution in [-0.2, 0) is 12.8 Å². The fraction of sp³-hybridized carbons (Fsp3) is 0.333. The standard InChI is InChI=1S/C18H23NO/c20-14-6-11-17-9-4-12-18(15-17)19-13-5-10-16-7-2-1-3-8-16/h1-4,7-9,12,15,19-20H,5-6,10-11,13-14H2. The summed E-state index contributed by atoms with van der Waals surface area (Å²) in [6.07, 6.45) is 4.01. The third-order valence-corrected chi connectivity index (χ3v) is 3.36. The van der Waals surface area contributed by atoms with E-state index in [9.17, 15) is 0 Å². The van der Waals surface area contributed by atoms with Gasteiger partial charge in [0, 0.05) is 18.8 Å². The molecule has 0 saturated carbocycles. The van der Waals surface area contributed by atoms with E-state index in [0.717, 1.165) is 32.2 Å². The lowest BCUT2D eigenvalue weighted by atomic mass is 10.1. The lowest BCUT2D eigenvalue weighted by Crippen LogP contribution is -2.03. The smallest absolute Gasteiger partial charge is 0.0434 e. The molecule has 0 fully saturated rings. The van der Waals surface area contributed by atoms with Crippen molar-refractivity contribution >= 4 is 5.69 Å². The molecule has 0 aliphatic rings. The molecule has 0 radical (unpaired) electrons. The van der Waals surface area contributed by atoms with Gasteiger partial charge in [0.25, 0.3) is 0 Å². The van der Waals surface area contributed by atoms with E-state index < -0.39 is 0 Å². The first-order valence-corrected chi connectivity index (χ1v) is 7.36. The topological polar surface area (TPSA) is 32.3 Å². The Balaban J connectivity index is 1.73. The highest BCUT2D eigenvalue weighted by atomic mass is 16.2. The molecule has 20 heavy (non-hydrogen) atoms. The first-order chi connectivity index (χ1) is 9.88. The van der Waals surface area contributed by atoms with Crippen LogP contribution in [0.3, 0.4) is 0 Å². The summed E-state index contributed by atoms with van der Waals surface area (Å²) in [6.45, 7) is 1.24. The molecular weight excluding hydrogens is 246 g/mol. The zero-order valence-corrected chi connectivity index (χ0v) is 11.9. The van der Waals surface area contributed by atoms with Crippen LogP contribution in [0.2, 0.25) is 0 Å². The number of nitrogens with one attached hydrogen (secondary N) is 1. The van der Waals surface area contributed by atoms with Crippen LogP contribution in [0.1, 0.15) is 24.0 Å². The van der Waals surface area contributed by atoms with Gasteiger partial charge in [-0.05, 0) is 48.9 Å². The Bertz CT molecular complexity index is 496. The van der Waals surface area contributed by atoms with Crippen LogP contribution in [0.25, 0.3) is 0 Å². The van der Waals surface area contributed by atoms with E-state index >= 15 is 0 Å². The van der Waals surface area contributed by atoms with Crippen LogP contribution < -0.4 is 5.32 Å². The van der Waals surface area contributed by atoms with Crippen LogP contribution in [-0.4, -0.2) is 18.3 Å². The number of benzene rings is 2. The van der Waals surface area contributed by atoms with Crippen LogP contribution in [0.15, 0.2) is 54.6 Å². The minimum absolute atomic E-state index is 0.259. The average molecular weight is 269 g/mol. The predicted molar refractivity (Wildman–Crippen MR) is 85.1 cm³/mol. The minimum Gasteiger partial charge on any atom is -0.396 e. The molecule has 2 N–H and O–H groups in total. The van der Waals surface area contributed by atoms with Gasteiger partial charge in [0.2, 0.25) is 0 Å². The number of aryl methyl sites for hydroxylation is 2. The molecule has 0 atom stereocenters. The quantitative estimate of drug-likeness (QED) is 0.717. The van der Waals surface area contributed by atoms with Crippen molar-refractivity contribution in [3.63, 3.8) is 0 Å². The molecule has 0 bridgehead atoms. The van der Waals surface area contributed by atoms with Gasteiger partial charge >= 0.3 is 0 Å². The summed E-state index contributed by atoms with van der Waals surface area (Å²) in [7, 11) is 0. The Morgan fingerprint density at radius 2 is 1.55 bits per heavy atom. The molecule has 0 aliphatic carbocycles. The average Bonchev–Trinajstić information content (AvgIpc) is 2.51. The molecule has 2 rings (SSSR count). The molecule has 0 spiro atoms. The fourth-order valence-electron chi connectivity index (χ4n) is 2.29. The maximum absolute atomic E-state index is 8.86. The van der Waals surface area contributed by atoms with Crippen molar-refractivity contribution in [2.45, 2.75) is 25.7 Å². The largest absolute Gasteiger partial charge is 0.396 e. The SMILES string of the molecule is OCCCc1cccc(NCCCc2ccccc2)c1. The Kier molecular flexibility index (Phi) is 6.12. The molecule has 2 heteroatoms. The van der Waals surface area contributed by atoms with Crippen molar-refractivity contribution in [1.82, 2.24) is 0 Å². The Labute approximate surface area is 121 Å². The van der Waals surface area contributed by atoms with E-state index in [0.29, 0.717) is 0 Å². The van der Waals surface area contributed by atoms with Crippen molar-refractivity contribution in [2.24, 2.45) is 0 Å². The molecule has 0 saturated heterocycles. The summed E-state index contributed by atoms with van der Waals surface area (Å²) in [5, 5.41) is 12.3. The van der Waals surface area contributed by atoms with Crippen molar-refractivity contribution in [1.29, 1.82) is 0 Å². The first-order valence-electron chi connectivity index (χ1n) is 7.36. The highest BCUT2D eigenvalue weighted by Crippen LogP contribution is 2.12. The summed E-state index contributed by atoms with van der Waals surface area (Å²) in [6, 6.07) is 19.1. The van der Waals surface area contributed by atoms with Crippen molar-refractivity contribution in [2.75, 3.05) is 18.5 Å². The highest BCUT2D eigenvalue weighted by molar-refractivity contribution is 5.45. The van der Waals surface area contributed by atoms with Gasteiger partial charge in [0.05, 0.1) is 0 Å². The molecule has 0 amide bonds. The molecule has 0 heterocycles. The van der Waals surface area contributed by atoms with Crippen LogP contribution >= 0.6 is 0 Å². The first kappa shape index (κ1) is 14.6. The summed E-state index contributed by atoms with van der Waals surface area (Å²) in [5.41, 5.74) is 3.85. The number of aliphatic hydroxyl groups excluding tert-OH is 1. The van der Waals surface area contributed by atoms with E-state index in [1.807, 2.05) is 0 Å². The van der Waals surface area contributed by atoms with Crippen LogP contribution in [0.4, 0.5) is 5.69 Å². The maximum Gasteiger partial charge on any atom is 0.0434 e. The van der Waals surface area contributed by atoms with Gasteiger partial charge in [0.1, 0.15) is 0 Å². The molecule has 0 aromatic heterocycles. The second-order valence-corrected chi connectivity index (χ2v) is 5.04. The second-order valence-electron chi connectivity index (χ2n) is 5.04. The lowest BCUT2D eigenvalue weighted by Gasteiger charge is -2.08. The summed E-state index contributed by atoms with van der Waals surface area (Å²) in [5.74, 6) is 0. The fourth-order valence-corrected chi connectivity index (χ4v) is 2.29. The molecule has 0 aliphatic heterocycles. The second kappa shape index (κ2) is 8.39. The zero-order valence-electron chi connectivity index (χ0n) is 11.9. The van der Waals surface area contributed by atoms with Gasteiger partial charge in [0.15, 0.2) is 0 Å². The highest BCUT2D eigenvalue weighted by Gasteiger charge is 1.97. The van der Waals surface area contributed by atoms with Crippen molar-refractivity contribution < 1.29 is 5.11 Å². The van der Waals surface area contributed by atoms with Crippen molar-refractivity contribution in [3.8, 4) is 0 Å². The molecule has 2 nitrogen and oxygen atoms in total. The van der Waals surface area contributed by atoms with Gasteiger partial charge in [-0.1, -0.05) is 42.5 Å².